The number of hydrogen-bond acceptors (Lipinski definition) is 2. The molecule has 0 atom stereocenters. The van der Waals surface area contributed by atoms with Crippen molar-refractivity contribution in [3.8, 4) is 0 Å². The van der Waals surface area contributed by atoms with Crippen molar-refractivity contribution in [2.75, 3.05) is 5.75 Å². The fraction of sp³-hybridized carbons (Fsp3) is 0.500. The zero-order valence-electron chi connectivity index (χ0n) is 9.51. The Labute approximate surface area is 102 Å². The van der Waals surface area contributed by atoms with Crippen LogP contribution in [0.4, 0.5) is 0 Å². The molecule has 1 aromatic rings. The predicted octanol–water partition coefficient (Wildman–Crippen LogP) is 3.95. The zero-order valence-corrected chi connectivity index (χ0v) is 11.1. The van der Waals surface area contributed by atoms with Gasteiger partial charge in [-0.3, -0.25) is 0 Å². The molecule has 0 aliphatic rings. The Morgan fingerprint density at radius 3 is 2.73 bits per heavy atom. The summed E-state index contributed by atoms with van der Waals surface area (Å²) in [6.45, 7) is 7.29. The van der Waals surface area contributed by atoms with Crippen molar-refractivity contribution >= 4 is 23.4 Å². The first-order valence-corrected chi connectivity index (χ1v) is 6.65. The van der Waals surface area contributed by atoms with E-state index < -0.39 is 0 Å². The van der Waals surface area contributed by atoms with E-state index in [1.165, 1.54) is 10.5 Å². The summed E-state index contributed by atoms with van der Waals surface area (Å²) in [7, 11) is 0. The Morgan fingerprint density at radius 1 is 1.40 bits per heavy atom. The van der Waals surface area contributed by atoms with Gasteiger partial charge >= 0.3 is 0 Å². The van der Waals surface area contributed by atoms with Crippen molar-refractivity contribution in [2.45, 2.75) is 38.3 Å². The summed E-state index contributed by atoms with van der Waals surface area (Å²) in [5.74, 6) is 1.08. The highest BCUT2D eigenvalue weighted by Gasteiger charge is 2.06. The van der Waals surface area contributed by atoms with Crippen molar-refractivity contribution in [2.24, 2.45) is 0 Å². The van der Waals surface area contributed by atoms with Crippen molar-refractivity contribution in [3.05, 3.63) is 28.8 Å². The molecular weight excluding hydrogens is 226 g/mol. The SMILES string of the molecule is CCSc1cccc(Cl)c1CNC(C)C. The topological polar surface area (TPSA) is 12.0 Å². The third kappa shape index (κ3) is 4.06. The number of thioether (sulfide) groups is 1. The molecule has 15 heavy (non-hydrogen) atoms. The van der Waals surface area contributed by atoms with Gasteiger partial charge in [0.15, 0.2) is 0 Å². The highest BCUT2D eigenvalue weighted by atomic mass is 35.5. The minimum Gasteiger partial charge on any atom is -0.310 e. The summed E-state index contributed by atoms with van der Waals surface area (Å²) < 4.78 is 0. The third-order valence-electron chi connectivity index (χ3n) is 2.06. The molecule has 1 aromatic carbocycles. The van der Waals surface area contributed by atoms with E-state index in [9.17, 15) is 0 Å². The molecule has 0 spiro atoms. The fourth-order valence-electron chi connectivity index (χ4n) is 1.31. The Kier molecular flexibility index (Phi) is 5.51. The number of benzene rings is 1. The maximum Gasteiger partial charge on any atom is 0.0462 e. The summed E-state index contributed by atoms with van der Waals surface area (Å²) in [6.07, 6.45) is 0. The van der Waals surface area contributed by atoms with Gasteiger partial charge in [0.05, 0.1) is 0 Å². The second kappa shape index (κ2) is 6.41. The molecule has 1 rings (SSSR count). The molecule has 0 aliphatic heterocycles. The Morgan fingerprint density at radius 2 is 2.13 bits per heavy atom. The molecule has 0 aliphatic carbocycles. The lowest BCUT2D eigenvalue weighted by atomic mass is 10.2. The first-order valence-electron chi connectivity index (χ1n) is 5.28. The van der Waals surface area contributed by atoms with Gasteiger partial charge in [-0.25, -0.2) is 0 Å². The monoisotopic (exact) mass is 243 g/mol. The molecule has 0 fully saturated rings. The van der Waals surface area contributed by atoms with Crippen molar-refractivity contribution in [3.63, 3.8) is 0 Å². The van der Waals surface area contributed by atoms with Gasteiger partial charge in [0.25, 0.3) is 0 Å². The summed E-state index contributed by atoms with van der Waals surface area (Å²) in [5.41, 5.74) is 1.22. The minimum atomic E-state index is 0.487. The van der Waals surface area contributed by atoms with Crippen LogP contribution in [0, 0.1) is 0 Å². The largest absolute Gasteiger partial charge is 0.310 e. The Bertz CT molecular complexity index is 312. The van der Waals surface area contributed by atoms with Crippen LogP contribution in [0.2, 0.25) is 5.02 Å². The van der Waals surface area contributed by atoms with Crippen molar-refractivity contribution in [1.82, 2.24) is 5.32 Å². The molecular formula is C12H18ClNS. The van der Waals surface area contributed by atoms with Crippen molar-refractivity contribution in [1.29, 1.82) is 0 Å². The fourth-order valence-corrected chi connectivity index (χ4v) is 2.45. The maximum absolute atomic E-state index is 6.20. The molecule has 84 valence electrons. The highest BCUT2D eigenvalue weighted by Crippen LogP contribution is 2.28. The molecule has 0 bridgehead atoms. The molecule has 0 saturated heterocycles. The van der Waals surface area contributed by atoms with E-state index in [0.717, 1.165) is 17.3 Å². The summed E-state index contributed by atoms with van der Waals surface area (Å²) >= 11 is 8.04. The van der Waals surface area contributed by atoms with Crippen LogP contribution in [-0.2, 0) is 6.54 Å². The molecule has 0 aromatic heterocycles. The summed E-state index contributed by atoms with van der Waals surface area (Å²) in [4.78, 5) is 1.29. The molecule has 0 amide bonds. The van der Waals surface area contributed by atoms with Crippen molar-refractivity contribution < 1.29 is 0 Å². The molecule has 0 saturated carbocycles. The third-order valence-corrected chi connectivity index (χ3v) is 3.40. The Balaban J connectivity index is 2.81. The van der Waals surface area contributed by atoms with Gasteiger partial charge < -0.3 is 5.32 Å². The van der Waals surface area contributed by atoms with Gasteiger partial charge in [-0.2, -0.15) is 0 Å². The second-order valence-electron chi connectivity index (χ2n) is 3.69. The van der Waals surface area contributed by atoms with Crippen LogP contribution in [0.25, 0.3) is 0 Å². The van der Waals surface area contributed by atoms with Crippen LogP contribution in [0.1, 0.15) is 26.3 Å². The van der Waals surface area contributed by atoms with E-state index >= 15 is 0 Å². The highest BCUT2D eigenvalue weighted by molar-refractivity contribution is 7.99. The molecule has 0 unspecified atom stereocenters. The van der Waals surface area contributed by atoms with E-state index in [4.69, 9.17) is 11.6 Å². The second-order valence-corrected chi connectivity index (χ2v) is 5.40. The van der Waals surface area contributed by atoms with E-state index in [1.807, 2.05) is 23.9 Å². The number of hydrogen-bond donors (Lipinski definition) is 1. The normalized spacial score (nSPS) is 11.0. The zero-order chi connectivity index (χ0) is 11.3. The van der Waals surface area contributed by atoms with Crippen LogP contribution in [-0.4, -0.2) is 11.8 Å². The maximum atomic E-state index is 6.20. The molecule has 3 heteroatoms. The number of nitrogens with one attached hydrogen (secondary N) is 1. The lowest BCUT2D eigenvalue weighted by molar-refractivity contribution is 0.585. The lowest BCUT2D eigenvalue weighted by Crippen LogP contribution is -2.22. The quantitative estimate of drug-likeness (QED) is 0.786. The van der Waals surface area contributed by atoms with E-state index in [2.05, 4.69) is 32.2 Å². The molecule has 0 heterocycles. The van der Waals surface area contributed by atoms with Crippen LogP contribution in [0.3, 0.4) is 0 Å². The van der Waals surface area contributed by atoms with Gasteiger partial charge in [0.2, 0.25) is 0 Å². The summed E-state index contributed by atoms with van der Waals surface area (Å²) in [5, 5.41) is 4.27. The smallest absolute Gasteiger partial charge is 0.0462 e. The number of rotatable bonds is 5. The van der Waals surface area contributed by atoms with E-state index in [0.29, 0.717) is 6.04 Å². The standard InChI is InChI=1S/C12H18ClNS/c1-4-15-12-7-5-6-11(13)10(12)8-14-9(2)3/h5-7,9,14H,4,8H2,1-3H3. The minimum absolute atomic E-state index is 0.487. The first kappa shape index (κ1) is 12.9. The van der Waals surface area contributed by atoms with Crippen LogP contribution in [0.15, 0.2) is 23.1 Å². The van der Waals surface area contributed by atoms with Crippen LogP contribution in [0.5, 0.6) is 0 Å². The van der Waals surface area contributed by atoms with Gasteiger partial charge in [-0.15, -0.1) is 11.8 Å². The molecule has 1 N–H and O–H groups in total. The Hall–Kier alpha value is -0.180. The predicted molar refractivity (Wildman–Crippen MR) is 69.8 cm³/mol. The van der Waals surface area contributed by atoms with Crippen LogP contribution < -0.4 is 5.32 Å². The van der Waals surface area contributed by atoms with Gasteiger partial charge in [0, 0.05) is 22.5 Å². The molecule has 1 nitrogen and oxygen atoms in total. The van der Waals surface area contributed by atoms with E-state index in [-0.39, 0.29) is 0 Å². The first-order chi connectivity index (χ1) is 7.15. The average Bonchev–Trinajstić information content (AvgIpc) is 2.17. The lowest BCUT2D eigenvalue weighted by Gasteiger charge is -2.13. The van der Waals surface area contributed by atoms with Gasteiger partial charge in [-0.1, -0.05) is 38.4 Å². The van der Waals surface area contributed by atoms with E-state index in [1.54, 1.807) is 0 Å². The number of halogens is 1. The van der Waals surface area contributed by atoms with Gasteiger partial charge in [-0.05, 0) is 23.4 Å². The average molecular weight is 244 g/mol. The summed E-state index contributed by atoms with van der Waals surface area (Å²) in [6, 6.07) is 6.59. The van der Waals surface area contributed by atoms with Crippen LogP contribution >= 0.6 is 23.4 Å². The van der Waals surface area contributed by atoms with Gasteiger partial charge in [0.1, 0.15) is 0 Å². The molecule has 0 radical (unpaired) electrons.